The Balaban J connectivity index is 1.95. The van der Waals surface area contributed by atoms with Crippen molar-refractivity contribution >= 4 is 33.0 Å². The van der Waals surface area contributed by atoms with Crippen molar-refractivity contribution in [2.75, 3.05) is 35.9 Å². The molecule has 0 amide bonds. The van der Waals surface area contributed by atoms with E-state index in [9.17, 15) is 12.8 Å². The number of ether oxygens (including phenoxy) is 1. The predicted octanol–water partition coefficient (Wildman–Crippen LogP) is 3.12. The molecule has 0 atom stereocenters. The standard InChI is InChI=1S/C16H16ClFN2O3S/c17-12-4-5-16(20-6-8-23-9-7-20)15(10-12)19-24(21,22)14-3-1-2-13(18)11-14/h1-5,10-11,19H,6-9H2. The van der Waals surface area contributed by atoms with Gasteiger partial charge in [0.25, 0.3) is 10.0 Å². The van der Waals surface area contributed by atoms with Crippen molar-refractivity contribution in [2.45, 2.75) is 4.90 Å². The molecule has 0 aliphatic carbocycles. The quantitative estimate of drug-likeness (QED) is 0.898. The highest BCUT2D eigenvalue weighted by Crippen LogP contribution is 2.31. The Kier molecular flexibility index (Phi) is 4.93. The number of hydrogen-bond donors (Lipinski definition) is 1. The third-order valence-corrected chi connectivity index (χ3v) is 5.26. The third-order valence-electron chi connectivity index (χ3n) is 3.66. The third kappa shape index (κ3) is 3.80. The van der Waals surface area contributed by atoms with Gasteiger partial charge in [-0.3, -0.25) is 4.72 Å². The second-order valence-electron chi connectivity index (χ2n) is 5.32. The van der Waals surface area contributed by atoms with Crippen molar-refractivity contribution in [3.63, 3.8) is 0 Å². The minimum absolute atomic E-state index is 0.143. The number of halogens is 2. The Bertz CT molecular complexity index is 839. The van der Waals surface area contributed by atoms with E-state index in [-0.39, 0.29) is 4.90 Å². The molecule has 1 aliphatic rings. The number of anilines is 2. The number of rotatable bonds is 4. The van der Waals surface area contributed by atoms with E-state index in [1.54, 1.807) is 18.2 Å². The monoisotopic (exact) mass is 370 g/mol. The van der Waals surface area contributed by atoms with Crippen LogP contribution in [-0.4, -0.2) is 34.7 Å². The molecule has 1 heterocycles. The summed E-state index contributed by atoms with van der Waals surface area (Å²) in [5.41, 5.74) is 1.07. The first-order chi connectivity index (χ1) is 11.5. The lowest BCUT2D eigenvalue weighted by atomic mass is 10.2. The normalized spacial score (nSPS) is 15.3. The van der Waals surface area contributed by atoms with Crippen LogP contribution in [0.1, 0.15) is 0 Å². The van der Waals surface area contributed by atoms with E-state index >= 15 is 0 Å². The van der Waals surface area contributed by atoms with E-state index in [4.69, 9.17) is 16.3 Å². The molecule has 1 aliphatic heterocycles. The molecule has 8 heteroatoms. The smallest absolute Gasteiger partial charge is 0.262 e. The van der Waals surface area contributed by atoms with Crippen molar-refractivity contribution in [3.05, 3.63) is 53.3 Å². The van der Waals surface area contributed by atoms with Crippen LogP contribution in [0.5, 0.6) is 0 Å². The van der Waals surface area contributed by atoms with E-state index in [0.717, 1.165) is 6.07 Å². The molecule has 2 aromatic carbocycles. The first kappa shape index (κ1) is 17.0. The predicted molar refractivity (Wildman–Crippen MR) is 91.7 cm³/mol. The Morgan fingerprint density at radius 3 is 2.58 bits per heavy atom. The number of sulfonamides is 1. The minimum Gasteiger partial charge on any atom is -0.378 e. The topological polar surface area (TPSA) is 58.6 Å². The van der Waals surface area contributed by atoms with Gasteiger partial charge in [-0.1, -0.05) is 17.7 Å². The van der Waals surface area contributed by atoms with Crippen molar-refractivity contribution in [2.24, 2.45) is 0 Å². The summed E-state index contributed by atoms with van der Waals surface area (Å²) in [6.45, 7) is 2.43. The van der Waals surface area contributed by atoms with Crippen LogP contribution in [0.2, 0.25) is 5.02 Å². The van der Waals surface area contributed by atoms with Gasteiger partial charge in [0.2, 0.25) is 0 Å². The SMILES string of the molecule is O=S(=O)(Nc1cc(Cl)ccc1N1CCOCC1)c1cccc(F)c1. The van der Waals surface area contributed by atoms with Gasteiger partial charge in [-0.05, 0) is 36.4 Å². The molecule has 0 aromatic heterocycles. The Morgan fingerprint density at radius 1 is 1.12 bits per heavy atom. The molecule has 1 fully saturated rings. The summed E-state index contributed by atoms with van der Waals surface area (Å²) in [5.74, 6) is -0.614. The second-order valence-corrected chi connectivity index (χ2v) is 7.44. The molecule has 0 spiro atoms. The fourth-order valence-corrected chi connectivity index (χ4v) is 3.78. The number of hydrogen-bond acceptors (Lipinski definition) is 4. The van der Waals surface area contributed by atoms with Gasteiger partial charge in [0.1, 0.15) is 5.82 Å². The number of nitrogens with zero attached hydrogens (tertiary/aromatic N) is 1. The van der Waals surface area contributed by atoms with Crippen LogP contribution in [0.4, 0.5) is 15.8 Å². The van der Waals surface area contributed by atoms with Crippen molar-refractivity contribution in [3.8, 4) is 0 Å². The zero-order valence-electron chi connectivity index (χ0n) is 12.7. The summed E-state index contributed by atoms with van der Waals surface area (Å²) in [6.07, 6.45) is 0. The zero-order valence-corrected chi connectivity index (χ0v) is 14.3. The largest absolute Gasteiger partial charge is 0.378 e. The molecule has 0 saturated carbocycles. The van der Waals surface area contributed by atoms with Gasteiger partial charge in [-0.15, -0.1) is 0 Å². The second kappa shape index (κ2) is 6.96. The van der Waals surface area contributed by atoms with Crippen LogP contribution in [0.15, 0.2) is 47.4 Å². The maximum Gasteiger partial charge on any atom is 0.262 e. The van der Waals surface area contributed by atoms with Crippen LogP contribution in [-0.2, 0) is 14.8 Å². The molecule has 2 aromatic rings. The van der Waals surface area contributed by atoms with E-state index < -0.39 is 15.8 Å². The first-order valence-corrected chi connectivity index (χ1v) is 9.22. The molecule has 5 nitrogen and oxygen atoms in total. The molecule has 1 N–H and O–H groups in total. The molecule has 128 valence electrons. The van der Waals surface area contributed by atoms with E-state index in [1.807, 2.05) is 4.90 Å². The summed E-state index contributed by atoms with van der Waals surface area (Å²) in [7, 11) is -3.92. The molecule has 3 rings (SSSR count). The number of morpholine rings is 1. The molecule has 0 bridgehead atoms. The van der Waals surface area contributed by atoms with Crippen molar-refractivity contribution < 1.29 is 17.5 Å². The Labute approximate surface area is 145 Å². The Hall–Kier alpha value is -1.83. The maximum atomic E-state index is 13.3. The molecule has 0 radical (unpaired) electrons. The molecule has 0 unspecified atom stereocenters. The van der Waals surface area contributed by atoms with Gasteiger partial charge in [0, 0.05) is 18.1 Å². The van der Waals surface area contributed by atoms with Gasteiger partial charge in [0.05, 0.1) is 29.5 Å². The van der Waals surface area contributed by atoms with E-state index in [2.05, 4.69) is 4.72 Å². The average Bonchev–Trinajstić information content (AvgIpc) is 2.55. The van der Waals surface area contributed by atoms with Crippen LogP contribution in [0.3, 0.4) is 0 Å². The first-order valence-electron chi connectivity index (χ1n) is 7.36. The highest BCUT2D eigenvalue weighted by molar-refractivity contribution is 7.92. The highest BCUT2D eigenvalue weighted by Gasteiger charge is 2.20. The van der Waals surface area contributed by atoms with Crippen molar-refractivity contribution in [1.82, 2.24) is 0 Å². The fraction of sp³-hybridized carbons (Fsp3) is 0.250. The fourth-order valence-electron chi connectivity index (χ4n) is 2.51. The van der Waals surface area contributed by atoms with Crippen LogP contribution < -0.4 is 9.62 Å². The molecular formula is C16H16ClFN2O3S. The number of benzene rings is 2. The van der Waals surface area contributed by atoms with Gasteiger partial charge >= 0.3 is 0 Å². The molecule has 1 saturated heterocycles. The van der Waals surface area contributed by atoms with Gasteiger partial charge in [-0.25, -0.2) is 12.8 Å². The molecular weight excluding hydrogens is 355 g/mol. The number of nitrogens with one attached hydrogen (secondary N) is 1. The Morgan fingerprint density at radius 2 is 1.88 bits per heavy atom. The lowest BCUT2D eigenvalue weighted by Gasteiger charge is -2.30. The molecule has 24 heavy (non-hydrogen) atoms. The summed E-state index contributed by atoms with van der Waals surface area (Å²) in [4.78, 5) is 1.87. The minimum atomic E-state index is -3.92. The average molecular weight is 371 g/mol. The van der Waals surface area contributed by atoms with Crippen LogP contribution in [0.25, 0.3) is 0 Å². The summed E-state index contributed by atoms with van der Waals surface area (Å²) < 4.78 is 46.2. The van der Waals surface area contributed by atoms with Gasteiger partial charge in [-0.2, -0.15) is 0 Å². The zero-order chi connectivity index (χ0) is 17.2. The highest BCUT2D eigenvalue weighted by atomic mass is 35.5. The van der Waals surface area contributed by atoms with E-state index in [1.165, 1.54) is 18.2 Å². The summed E-state index contributed by atoms with van der Waals surface area (Å²) in [6, 6.07) is 9.86. The summed E-state index contributed by atoms with van der Waals surface area (Å²) >= 11 is 6.02. The van der Waals surface area contributed by atoms with Crippen molar-refractivity contribution in [1.29, 1.82) is 0 Å². The van der Waals surface area contributed by atoms with Gasteiger partial charge in [0.15, 0.2) is 0 Å². The van der Waals surface area contributed by atoms with Gasteiger partial charge < -0.3 is 9.64 Å². The van der Waals surface area contributed by atoms with E-state index in [0.29, 0.717) is 42.7 Å². The maximum absolute atomic E-state index is 13.3. The van der Waals surface area contributed by atoms with Crippen LogP contribution in [0, 0.1) is 5.82 Å². The van der Waals surface area contributed by atoms with Crippen LogP contribution >= 0.6 is 11.6 Å². The summed E-state index contributed by atoms with van der Waals surface area (Å²) in [5, 5.41) is 0.406. The lowest BCUT2D eigenvalue weighted by Crippen LogP contribution is -2.36. The lowest BCUT2D eigenvalue weighted by molar-refractivity contribution is 0.123.